The highest BCUT2D eigenvalue weighted by atomic mass is 32.2. The average Bonchev–Trinajstić information content (AvgIpc) is 3.64. The molecule has 42 heavy (non-hydrogen) atoms. The van der Waals surface area contributed by atoms with Gasteiger partial charge in [0, 0.05) is 30.2 Å². The molecular weight excluding hydrogens is 573 g/mol. The van der Waals surface area contributed by atoms with E-state index < -0.39 is 33.3 Å². The molecule has 0 amide bonds. The predicted molar refractivity (Wildman–Crippen MR) is 152 cm³/mol. The SMILES string of the molecule is C#CO.C#Cc1c[nH]c(=O)c(C2(F)CCS(=O)(=O)CC2)c1.FC(F)c1nc(N2CCCC2)c2oc3ccccc3c2n1. The molecule has 2 aliphatic rings. The number of para-hydroxylation sites is 1. The molecule has 2 fully saturated rings. The third kappa shape index (κ3) is 6.52. The summed E-state index contributed by atoms with van der Waals surface area (Å²) in [5, 5.41) is 7.84. The van der Waals surface area contributed by atoms with Crippen molar-refractivity contribution in [3.63, 3.8) is 0 Å². The van der Waals surface area contributed by atoms with Gasteiger partial charge in [-0.15, -0.1) is 6.42 Å². The van der Waals surface area contributed by atoms with Gasteiger partial charge in [-0.05, 0) is 43.9 Å². The molecule has 0 unspecified atom stereocenters. The van der Waals surface area contributed by atoms with E-state index >= 15 is 0 Å². The summed E-state index contributed by atoms with van der Waals surface area (Å²) in [6, 6.07) is 8.65. The molecule has 0 atom stereocenters. The number of nitrogens with one attached hydrogen (secondary N) is 1. The topological polar surface area (TPSA) is 129 Å². The molecule has 13 heteroatoms. The van der Waals surface area contributed by atoms with Crippen molar-refractivity contribution in [2.45, 2.75) is 37.8 Å². The average molecular weight is 601 g/mol. The van der Waals surface area contributed by atoms with Crippen LogP contribution in [0.5, 0.6) is 0 Å². The Balaban J connectivity index is 0.000000179. The summed E-state index contributed by atoms with van der Waals surface area (Å²) in [5.41, 5.74) is -0.557. The number of sulfone groups is 1. The van der Waals surface area contributed by atoms with Crippen molar-refractivity contribution in [3.05, 3.63) is 63.8 Å². The van der Waals surface area contributed by atoms with E-state index in [4.69, 9.17) is 15.9 Å². The second-order valence-electron chi connectivity index (χ2n) is 9.70. The molecule has 0 aliphatic carbocycles. The third-order valence-electron chi connectivity index (χ3n) is 6.99. The molecule has 6 rings (SSSR count). The third-order valence-corrected chi connectivity index (χ3v) is 8.64. The molecule has 1 aromatic carbocycles. The molecule has 3 aromatic heterocycles. The van der Waals surface area contributed by atoms with Crippen molar-refractivity contribution >= 4 is 37.7 Å². The molecule has 0 spiro atoms. The van der Waals surface area contributed by atoms with Crippen LogP contribution >= 0.6 is 0 Å². The number of hydrogen-bond acceptors (Lipinski definition) is 8. The second-order valence-corrected chi connectivity index (χ2v) is 12.0. The molecular formula is C29H27F3N4O5S. The first kappa shape index (κ1) is 30.5. The largest absolute Gasteiger partial charge is 0.462 e. The summed E-state index contributed by atoms with van der Waals surface area (Å²) in [7, 11) is -3.18. The van der Waals surface area contributed by atoms with Crippen molar-refractivity contribution < 1.29 is 31.1 Å². The van der Waals surface area contributed by atoms with Crippen LogP contribution in [0, 0.1) is 24.9 Å². The maximum atomic E-state index is 14.7. The van der Waals surface area contributed by atoms with Crippen LogP contribution < -0.4 is 10.5 Å². The summed E-state index contributed by atoms with van der Waals surface area (Å²) < 4.78 is 69.3. The van der Waals surface area contributed by atoms with Crippen LogP contribution in [0.25, 0.3) is 22.1 Å². The van der Waals surface area contributed by atoms with Gasteiger partial charge in [-0.25, -0.2) is 31.6 Å². The first-order valence-electron chi connectivity index (χ1n) is 12.9. The van der Waals surface area contributed by atoms with Crippen molar-refractivity contribution in [3.8, 4) is 24.9 Å². The summed E-state index contributed by atoms with van der Waals surface area (Å²) in [6.45, 7) is 1.62. The summed E-state index contributed by atoms with van der Waals surface area (Å²) in [4.78, 5) is 24.1. The van der Waals surface area contributed by atoms with E-state index in [1.807, 2.05) is 29.2 Å². The number of fused-ring (bicyclic) bond motifs is 3. The zero-order valence-electron chi connectivity index (χ0n) is 22.3. The minimum atomic E-state index is -3.18. The summed E-state index contributed by atoms with van der Waals surface area (Å²) >= 11 is 0. The molecule has 0 saturated carbocycles. The second kappa shape index (κ2) is 12.6. The lowest BCUT2D eigenvalue weighted by Crippen LogP contribution is -2.37. The molecule has 220 valence electrons. The quantitative estimate of drug-likeness (QED) is 0.327. The number of rotatable bonds is 3. The number of aromatic amines is 1. The van der Waals surface area contributed by atoms with E-state index in [-0.39, 0.29) is 29.9 Å². The predicted octanol–water partition coefficient (Wildman–Crippen LogP) is 4.59. The van der Waals surface area contributed by atoms with Crippen LogP contribution in [0.2, 0.25) is 0 Å². The van der Waals surface area contributed by atoms with E-state index in [2.05, 4.69) is 27.3 Å². The molecule has 5 heterocycles. The number of H-pyrrole nitrogens is 1. The zero-order valence-corrected chi connectivity index (χ0v) is 23.1. The fourth-order valence-electron chi connectivity index (χ4n) is 4.86. The van der Waals surface area contributed by atoms with Gasteiger partial charge in [0.1, 0.15) is 22.9 Å². The fraction of sp³-hybridized carbons (Fsp3) is 0.345. The standard InChI is InChI=1S/C15H13F2N3O.C12H12FNO3S.C2H2O/c16-13(17)14-18-11-9-5-1-2-6-10(9)21-12(11)15(19-14)20-7-3-4-8-20;1-2-9-7-10(11(15)14-8-9)12(13)3-5-18(16,17)6-4-12;1-2-3/h1-2,5-6,13H,3-4,7-8H2;1,7-8H,3-6H2,(H,14,15);1,3H. The van der Waals surface area contributed by atoms with Gasteiger partial charge in [0.05, 0.1) is 17.1 Å². The lowest BCUT2D eigenvalue weighted by atomic mass is 9.90. The van der Waals surface area contributed by atoms with Gasteiger partial charge in [0.2, 0.25) is 0 Å². The lowest BCUT2D eigenvalue weighted by Gasteiger charge is -2.28. The van der Waals surface area contributed by atoms with Crippen molar-refractivity contribution in [2.24, 2.45) is 0 Å². The van der Waals surface area contributed by atoms with Gasteiger partial charge in [-0.1, -0.05) is 24.5 Å². The van der Waals surface area contributed by atoms with Crippen LogP contribution in [-0.2, 0) is 15.5 Å². The Labute approximate surface area is 239 Å². The minimum Gasteiger partial charge on any atom is -0.462 e. The summed E-state index contributed by atoms with van der Waals surface area (Å²) in [6.07, 6.45) is 10.9. The van der Waals surface area contributed by atoms with Crippen LogP contribution in [0.4, 0.5) is 19.0 Å². The highest BCUT2D eigenvalue weighted by molar-refractivity contribution is 7.91. The van der Waals surface area contributed by atoms with Gasteiger partial charge in [0.25, 0.3) is 12.0 Å². The molecule has 2 N–H and O–H groups in total. The number of anilines is 1. The highest BCUT2D eigenvalue weighted by Gasteiger charge is 2.40. The van der Waals surface area contributed by atoms with Crippen molar-refractivity contribution in [2.75, 3.05) is 29.5 Å². The van der Waals surface area contributed by atoms with E-state index in [1.54, 1.807) is 0 Å². The van der Waals surface area contributed by atoms with E-state index in [9.17, 15) is 26.4 Å². The van der Waals surface area contributed by atoms with Crippen molar-refractivity contribution in [1.82, 2.24) is 15.0 Å². The molecule has 0 bridgehead atoms. The highest BCUT2D eigenvalue weighted by Crippen LogP contribution is 2.37. The number of terminal acetylenes is 2. The maximum Gasteiger partial charge on any atom is 0.297 e. The Kier molecular flexibility index (Phi) is 9.12. The zero-order chi connectivity index (χ0) is 30.5. The Morgan fingerprint density at radius 3 is 2.38 bits per heavy atom. The number of furan rings is 1. The van der Waals surface area contributed by atoms with Crippen molar-refractivity contribution in [1.29, 1.82) is 0 Å². The smallest absolute Gasteiger partial charge is 0.297 e. The Hall–Kier alpha value is -4.49. The number of hydrogen-bond donors (Lipinski definition) is 2. The van der Waals surface area contributed by atoms with E-state index in [1.165, 1.54) is 18.4 Å². The lowest BCUT2D eigenvalue weighted by molar-refractivity contribution is 0.141. The first-order valence-corrected chi connectivity index (χ1v) is 14.7. The molecule has 2 saturated heterocycles. The van der Waals surface area contributed by atoms with E-state index in [0.29, 0.717) is 28.1 Å². The Bertz CT molecular complexity index is 1820. The van der Waals surface area contributed by atoms with Gasteiger partial charge in [-0.2, -0.15) is 0 Å². The van der Waals surface area contributed by atoms with Gasteiger partial charge in [-0.3, -0.25) is 4.79 Å². The maximum absolute atomic E-state index is 14.7. The van der Waals surface area contributed by atoms with Crippen LogP contribution in [0.1, 0.15) is 49.1 Å². The number of aliphatic hydroxyl groups is 1. The van der Waals surface area contributed by atoms with Crippen LogP contribution in [0.3, 0.4) is 0 Å². The van der Waals surface area contributed by atoms with Gasteiger partial charge < -0.3 is 19.4 Å². The number of nitrogens with zero attached hydrogens (tertiary/aromatic N) is 3. The number of aliphatic hydroxyl groups excluding tert-OH is 1. The number of benzene rings is 1. The number of halogens is 3. The fourth-order valence-corrected chi connectivity index (χ4v) is 6.34. The molecule has 2 aliphatic heterocycles. The normalized spacial score (nSPS) is 17.0. The first-order chi connectivity index (χ1) is 20.0. The molecule has 9 nitrogen and oxygen atoms in total. The minimum absolute atomic E-state index is 0.0761. The van der Waals surface area contributed by atoms with E-state index in [0.717, 1.165) is 31.3 Å². The van der Waals surface area contributed by atoms with Crippen LogP contribution in [-0.4, -0.2) is 53.1 Å². The Morgan fingerprint density at radius 2 is 1.76 bits per heavy atom. The molecule has 0 radical (unpaired) electrons. The number of aromatic nitrogens is 3. The van der Waals surface area contributed by atoms with Gasteiger partial charge in [0.15, 0.2) is 27.1 Å². The Morgan fingerprint density at radius 1 is 1.12 bits per heavy atom. The number of pyridine rings is 1. The monoisotopic (exact) mass is 600 g/mol. The number of alkyl halides is 3. The summed E-state index contributed by atoms with van der Waals surface area (Å²) in [5.74, 6) is 1.87. The van der Waals surface area contributed by atoms with Crippen LogP contribution in [0.15, 0.2) is 45.7 Å². The molecule has 4 aromatic rings. The van der Waals surface area contributed by atoms with Gasteiger partial charge >= 0.3 is 0 Å².